The van der Waals surface area contributed by atoms with Crippen LogP contribution in [0.3, 0.4) is 0 Å². The maximum atomic E-state index is 10.5. The van der Waals surface area contributed by atoms with Crippen molar-refractivity contribution in [3.05, 3.63) is 28.2 Å². The Morgan fingerprint density at radius 3 is 2.92 bits per heavy atom. The number of hydrogen-bond acceptors (Lipinski definition) is 2. The minimum absolute atomic E-state index is 0.164. The highest BCUT2D eigenvalue weighted by Gasteiger charge is 2.01. The molecular weight excluding hydrogens is 232 g/mol. The number of hydrogen-bond donors (Lipinski definition) is 2. The molecular formula is C9H11BrN2O. The van der Waals surface area contributed by atoms with Gasteiger partial charge in [-0.3, -0.25) is 4.79 Å². The van der Waals surface area contributed by atoms with Gasteiger partial charge in [0.2, 0.25) is 5.91 Å². The average molecular weight is 243 g/mol. The first kappa shape index (κ1) is 10.1. The molecule has 0 saturated heterocycles. The van der Waals surface area contributed by atoms with Gasteiger partial charge in [0.25, 0.3) is 0 Å². The Balaban J connectivity index is 2.77. The van der Waals surface area contributed by atoms with Crippen LogP contribution in [0.4, 0.5) is 5.69 Å². The molecule has 0 bridgehead atoms. The molecule has 0 fully saturated rings. The van der Waals surface area contributed by atoms with Crippen molar-refractivity contribution in [1.82, 2.24) is 0 Å². The van der Waals surface area contributed by atoms with Crippen molar-refractivity contribution in [2.24, 2.45) is 5.73 Å². The molecule has 0 radical (unpaired) electrons. The minimum atomic E-state index is -0.362. The first-order valence-corrected chi connectivity index (χ1v) is 4.68. The number of nitrogens with one attached hydrogen (secondary N) is 1. The van der Waals surface area contributed by atoms with Gasteiger partial charge in [0, 0.05) is 10.2 Å². The summed E-state index contributed by atoms with van der Waals surface area (Å²) in [6.45, 7) is 2.13. The summed E-state index contributed by atoms with van der Waals surface area (Å²) in [7, 11) is 0. The number of amides is 1. The summed E-state index contributed by atoms with van der Waals surface area (Å²) in [5.74, 6) is -0.362. The fraction of sp³-hybridized carbons (Fsp3) is 0.222. The Bertz CT molecular complexity index is 325. The molecule has 0 atom stereocenters. The number of nitrogens with two attached hydrogens (primary N) is 1. The van der Waals surface area contributed by atoms with Gasteiger partial charge in [0.1, 0.15) is 0 Å². The Kier molecular flexibility index (Phi) is 3.31. The van der Waals surface area contributed by atoms with Crippen LogP contribution in [0.1, 0.15) is 5.56 Å². The van der Waals surface area contributed by atoms with Crippen molar-refractivity contribution < 1.29 is 4.79 Å². The lowest BCUT2D eigenvalue weighted by Gasteiger charge is -2.08. The van der Waals surface area contributed by atoms with E-state index in [1.807, 2.05) is 25.1 Å². The third kappa shape index (κ3) is 2.73. The van der Waals surface area contributed by atoms with Gasteiger partial charge in [-0.1, -0.05) is 22.0 Å². The normalized spacial score (nSPS) is 9.69. The van der Waals surface area contributed by atoms with Crippen LogP contribution in [0, 0.1) is 6.92 Å². The summed E-state index contributed by atoms with van der Waals surface area (Å²) in [6.07, 6.45) is 0. The molecule has 4 heteroatoms. The molecule has 0 aliphatic rings. The lowest BCUT2D eigenvalue weighted by molar-refractivity contribution is -0.116. The number of anilines is 1. The van der Waals surface area contributed by atoms with Crippen molar-refractivity contribution >= 4 is 27.5 Å². The van der Waals surface area contributed by atoms with Gasteiger partial charge < -0.3 is 11.1 Å². The summed E-state index contributed by atoms with van der Waals surface area (Å²) < 4.78 is 1.02. The van der Waals surface area contributed by atoms with Crippen molar-refractivity contribution in [2.45, 2.75) is 6.92 Å². The molecule has 0 aromatic heterocycles. The van der Waals surface area contributed by atoms with Gasteiger partial charge in [0.05, 0.1) is 6.54 Å². The molecule has 0 spiro atoms. The smallest absolute Gasteiger partial charge is 0.236 e. The predicted octanol–water partition coefficient (Wildman–Crippen LogP) is 1.65. The average Bonchev–Trinajstić information content (AvgIpc) is 2.07. The van der Waals surface area contributed by atoms with Crippen molar-refractivity contribution in [1.29, 1.82) is 0 Å². The van der Waals surface area contributed by atoms with Crippen LogP contribution in [0.25, 0.3) is 0 Å². The van der Waals surface area contributed by atoms with Gasteiger partial charge in [-0.25, -0.2) is 0 Å². The van der Waals surface area contributed by atoms with Gasteiger partial charge in [0.15, 0.2) is 0 Å². The molecule has 13 heavy (non-hydrogen) atoms. The Morgan fingerprint density at radius 2 is 2.31 bits per heavy atom. The predicted molar refractivity (Wildman–Crippen MR) is 56.6 cm³/mol. The van der Waals surface area contributed by atoms with E-state index in [1.54, 1.807) is 0 Å². The molecule has 0 heterocycles. The Hall–Kier alpha value is -1.03. The highest BCUT2D eigenvalue weighted by molar-refractivity contribution is 9.10. The topological polar surface area (TPSA) is 55.1 Å². The molecule has 0 aliphatic carbocycles. The van der Waals surface area contributed by atoms with Crippen LogP contribution >= 0.6 is 15.9 Å². The van der Waals surface area contributed by atoms with Crippen LogP contribution < -0.4 is 11.1 Å². The SMILES string of the molecule is Cc1c(Br)cccc1NCC(N)=O. The van der Waals surface area contributed by atoms with E-state index in [9.17, 15) is 4.79 Å². The zero-order valence-electron chi connectivity index (χ0n) is 7.30. The second kappa shape index (κ2) is 4.28. The van der Waals surface area contributed by atoms with E-state index in [-0.39, 0.29) is 12.5 Å². The largest absolute Gasteiger partial charge is 0.376 e. The summed E-state index contributed by atoms with van der Waals surface area (Å²) >= 11 is 3.40. The molecule has 3 nitrogen and oxygen atoms in total. The van der Waals surface area contributed by atoms with Crippen LogP contribution in [0.5, 0.6) is 0 Å². The van der Waals surface area contributed by atoms with Gasteiger partial charge in [-0.15, -0.1) is 0 Å². The minimum Gasteiger partial charge on any atom is -0.376 e. The van der Waals surface area contributed by atoms with Crippen molar-refractivity contribution in [3.8, 4) is 0 Å². The molecule has 1 rings (SSSR count). The number of carbonyl (C=O) groups excluding carboxylic acids is 1. The maximum Gasteiger partial charge on any atom is 0.236 e. The van der Waals surface area contributed by atoms with Crippen molar-refractivity contribution in [3.63, 3.8) is 0 Å². The van der Waals surface area contributed by atoms with Crippen LogP contribution in [0.15, 0.2) is 22.7 Å². The third-order valence-corrected chi connectivity index (χ3v) is 2.58. The molecule has 0 aliphatic heterocycles. The van der Waals surface area contributed by atoms with E-state index >= 15 is 0 Å². The number of benzene rings is 1. The lowest BCUT2D eigenvalue weighted by Crippen LogP contribution is -2.22. The second-order valence-corrected chi connectivity index (χ2v) is 3.59. The lowest BCUT2D eigenvalue weighted by atomic mass is 10.2. The fourth-order valence-corrected chi connectivity index (χ4v) is 1.35. The highest BCUT2D eigenvalue weighted by atomic mass is 79.9. The van der Waals surface area contributed by atoms with E-state index in [1.165, 1.54) is 0 Å². The van der Waals surface area contributed by atoms with Crippen LogP contribution in [0.2, 0.25) is 0 Å². The van der Waals surface area contributed by atoms with E-state index in [2.05, 4.69) is 21.2 Å². The fourth-order valence-electron chi connectivity index (χ4n) is 0.981. The number of rotatable bonds is 3. The first-order valence-electron chi connectivity index (χ1n) is 3.88. The van der Waals surface area contributed by atoms with E-state index < -0.39 is 0 Å². The number of carbonyl (C=O) groups is 1. The third-order valence-electron chi connectivity index (χ3n) is 1.72. The summed E-state index contributed by atoms with van der Waals surface area (Å²) in [6, 6.07) is 5.76. The van der Waals surface area contributed by atoms with Crippen LogP contribution in [-0.2, 0) is 4.79 Å². The van der Waals surface area contributed by atoms with Gasteiger partial charge in [-0.05, 0) is 24.6 Å². The van der Waals surface area contributed by atoms with Crippen molar-refractivity contribution in [2.75, 3.05) is 11.9 Å². The zero-order chi connectivity index (χ0) is 9.84. The second-order valence-electron chi connectivity index (χ2n) is 2.73. The van der Waals surface area contributed by atoms with Crippen LogP contribution in [-0.4, -0.2) is 12.5 Å². The molecule has 70 valence electrons. The Morgan fingerprint density at radius 1 is 1.62 bits per heavy atom. The summed E-state index contributed by atoms with van der Waals surface area (Å²) in [5.41, 5.74) is 7.01. The van der Waals surface area contributed by atoms with E-state index in [0.29, 0.717) is 0 Å². The monoisotopic (exact) mass is 242 g/mol. The zero-order valence-corrected chi connectivity index (χ0v) is 8.89. The molecule has 1 amide bonds. The molecule has 1 aromatic rings. The molecule has 1 aromatic carbocycles. The Labute approximate surface area is 85.4 Å². The molecule has 0 saturated carbocycles. The van der Waals surface area contributed by atoms with Gasteiger partial charge in [-0.2, -0.15) is 0 Å². The van der Waals surface area contributed by atoms with E-state index in [4.69, 9.17) is 5.73 Å². The quantitative estimate of drug-likeness (QED) is 0.848. The van der Waals surface area contributed by atoms with Gasteiger partial charge >= 0.3 is 0 Å². The highest BCUT2D eigenvalue weighted by Crippen LogP contribution is 2.22. The number of primary amides is 1. The summed E-state index contributed by atoms with van der Waals surface area (Å²) in [5, 5.41) is 2.95. The van der Waals surface area contributed by atoms with E-state index in [0.717, 1.165) is 15.7 Å². The standard InChI is InChI=1S/C9H11BrN2O/c1-6-7(10)3-2-4-8(6)12-5-9(11)13/h2-4,12H,5H2,1H3,(H2,11,13). The number of halogens is 1. The maximum absolute atomic E-state index is 10.5. The summed E-state index contributed by atoms with van der Waals surface area (Å²) in [4.78, 5) is 10.5. The first-order chi connectivity index (χ1) is 6.11. The molecule has 0 unspecified atom stereocenters. The molecule has 3 N–H and O–H groups in total.